The van der Waals surface area contributed by atoms with Crippen LogP contribution in [0, 0.1) is 6.92 Å². The molecule has 0 spiro atoms. The Morgan fingerprint density at radius 2 is 2.15 bits per heavy atom. The minimum atomic E-state index is -0.117. The number of imidazole rings is 1. The van der Waals surface area contributed by atoms with Gasteiger partial charge in [-0.25, -0.2) is 15.0 Å². The Bertz CT molecular complexity index is 674. The Morgan fingerprint density at radius 3 is 2.73 bits per heavy atom. The summed E-state index contributed by atoms with van der Waals surface area (Å²) in [7, 11) is 1.55. The van der Waals surface area contributed by atoms with Crippen LogP contribution in [0.5, 0.6) is 0 Å². The predicted molar refractivity (Wildman–Crippen MR) is 99.3 cm³/mol. The maximum Gasteiger partial charge on any atom is 0.270 e. The van der Waals surface area contributed by atoms with E-state index in [4.69, 9.17) is 5.11 Å². The van der Waals surface area contributed by atoms with Crippen LogP contribution in [0.3, 0.4) is 0 Å². The number of nitrogens with one attached hydrogen (secondary N) is 1. The van der Waals surface area contributed by atoms with Gasteiger partial charge in [0.2, 0.25) is 5.95 Å². The number of aliphatic hydroxyl groups excluding tert-OH is 1. The minimum Gasteiger partial charge on any atom is -0.394 e. The third-order valence-corrected chi connectivity index (χ3v) is 4.05. The van der Waals surface area contributed by atoms with Crippen LogP contribution in [0.15, 0.2) is 24.8 Å². The first-order valence-corrected chi connectivity index (χ1v) is 8.88. The first-order chi connectivity index (χ1) is 12.6. The van der Waals surface area contributed by atoms with Crippen LogP contribution in [0.4, 0.5) is 0 Å². The van der Waals surface area contributed by atoms with Gasteiger partial charge in [0.05, 0.1) is 13.2 Å². The average Bonchev–Trinajstić information content (AvgIpc) is 3.18. The van der Waals surface area contributed by atoms with E-state index in [9.17, 15) is 4.79 Å². The van der Waals surface area contributed by atoms with Crippen molar-refractivity contribution in [3.63, 3.8) is 0 Å². The van der Waals surface area contributed by atoms with Gasteiger partial charge in [-0.3, -0.25) is 9.36 Å². The molecule has 144 valence electrons. The van der Waals surface area contributed by atoms with E-state index in [-0.39, 0.29) is 20.0 Å². The van der Waals surface area contributed by atoms with E-state index in [0.29, 0.717) is 18.2 Å². The highest BCUT2D eigenvalue weighted by Crippen LogP contribution is 2.17. The van der Waals surface area contributed by atoms with Crippen molar-refractivity contribution in [1.82, 2.24) is 24.8 Å². The molecule has 2 aromatic heterocycles. The highest BCUT2D eigenvalue weighted by atomic mass is 16.5. The summed E-state index contributed by atoms with van der Waals surface area (Å²) in [6.45, 7) is 2.43. The molecule has 2 heterocycles. The molecule has 1 aliphatic rings. The Morgan fingerprint density at radius 1 is 1.38 bits per heavy atom. The lowest BCUT2D eigenvalue weighted by Crippen LogP contribution is -2.36. The fourth-order valence-corrected chi connectivity index (χ4v) is 2.76. The summed E-state index contributed by atoms with van der Waals surface area (Å²) >= 11 is 0. The van der Waals surface area contributed by atoms with Crippen LogP contribution in [0.25, 0.3) is 5.95 Å². The number of hydrogen-bond acceptors (Lipinski definition) is 6. The van der Waals surface area contributed by atoms with Crippen molar-refractivity contribution in [3.8, 4) is 5.95 Å². The maximum absolute atomic E-state index is 12.4. The molecule has 0 radical (unpaired) electrons. The van der Waals surface area contributed by atoms with Gasteiger partial charge in [-0.1, -0.05) is 19.3 Å². The van der Waals surface area contributed by atoms with Gasteiger partial charge in [-0.2, -0.15) is 0 Å². The van der Waals surface area contributed by atoms with Crippen molar-refractivity contribution in [1.29, 1.82) is 0 Å². The zero-order valence-corrected chi connectivity index (χ0v) is 15.4. The van der Waals surface area contributed by atoms with Crippen molar-refractivity contribution < 1.29 is 16.1 Å². The van der Waals surface area contributed by atoms with Crippen molar-refractivity contribution >= 4 is 5.91 Å². The van der Waals surface area contributed by atoms with Gasteiger partial charge in [0.15, 0.2) is 0 Å². The normalized spacial score (nSPS) is 14.4. The molecule has 8 nitrogen and oxygen atoms in total. The van der Waals surface area contributed by atoms with Crippen molar-refractivity contribution in [3.05, 3.63) is 36.2 Å². The summed E-state index contributed by atoms with van der Waals surface area (Å²) in [5, 5.41) is 11.0. The third-order valence-electron chi connectivity index (χ3n) is 4.05. The zero-order chi connectivity index (χ0) is 18.8. The van der Waals surface area contributed by atoms with Gasteiger partial charge in [0.25, 0.3) is 5.91 Å². The van der Waals surface area contributed by atoms with Crippen LogP contribution < -0.4 is 5.32 Å². The molecule has 0 aliphatic heterocycles. The minimum absolute atomic E-state index is 0. The van der Waals surface area contributed by atoms with Crippen LogP contribution in [0.1, 0.15) is 49.7 Å². The number of methoxy groups -OCH3 is 1. The van der Waals surface area contributed by atoms with E-state index in [2.05, 4.69) is 25.0 Å². The largest absolute Gasteiger partial charge is 0.394 e. The summed E-state index contributed by atoms with van der Waals surface area (Å²) in [6.07, 6.45) is 10.8. The molecule has 1 fully saturated rings. The van der Waals surface area contributed by atoms with Gasteiger partial charge >= 0.3 is 0 Å². The van der Waals surface area contributed by atoms with Crippen molar-refractivity contribution in [2.45, 2.75) is 45.1 Å². The standard InChI is InChI=1S/C15H19N5O.C3H8O2.H2/c1-11-9-13(14(21)18-12-5-3-2-4-6-12)19-15(17-11)20-8-7-16-10-20;1-5-3-2-4;/h7-10,12H,2-6H2,1H3,(H,18,21);4H,2-3H2,1H3;1H. The number of carbonyl (C=O) groups is 1. The molecule has 0 bridgehead atoms. The second kappa shape index (κ2) is 10.6. The molecule has 1 amide bonds. The van der Waals surface area contributed by atoms with E-state index < -0.39 is 0 Å². The Labute approximate surface area is 155 Å². The van der Waals surface area contributed by atoms with Crippen LogP contribution in [0.2, 0.25) is 0 Å². The van der Waals surface area contributed by atoms with Crippen LogP contribution in [-0.2, 0) is 4.74 Å². The fourth-order valence-electron chi connectivity index (χ4n) is 2.76. The summed E-state index contributed by atoms with van der Waals surface area (Å²) in [5.74, 6) is 0.357. The summed E-state index contributed by atoms with van der Waals surface area (Å²) in [4.78, 5) is 25.0. The predicted octanol–water partition coefficient (Wildman–Crippen LogP) is 1.90. The Hall–Kier alpha value is -2.32. The molecule has 1 saturated carbocycles. The molecule has 8 heteroatoms. The summed E-state index contributed by atoms with van der Waals surface area (Å²) in [6, 6.07) is 2.00. The fraction of sp³-hybridized carbons (Fsp3) is 0.556. The lowest BCUT2D eigenvalue weighted by molar-refractivity contribution is 0.0922. The van der Waals surface area contributed by atoms with E-state index in [1.165, 1.54) is 19.3 Å². The topological polar surface area (TPSA) is 102 Å². The van der Waals surface area contributed by atoms with E-state index in [0.717, 1.165) is 18.5 Å². The van der Waals surface area contributed by atoms with Gasteiger partial charge < -0.3 is 15.2 Å². The Balaban J connectivity index is 0.000000542. The molecule has 0 aromatic carbocycles. The first kappa shape index (κ1) is 20.0. The first-order valence-electron chi connectivity index (χ1n) is 8.88. The number of aliphatic hydroxyl groups is 1. The quantitative estimate of drug-likeness (QED) is 0.841. The molecule has 3 rings (SSSR count). The number of carbonyl (C=O) groups excluding carboxylic acids is 1. The third kappa shape index (κ3) is 6.20. The molecular weight excluding hydrogens is 334 g/mol. The van der Waals surface area contributed by atoms with Gasteiger partial charge in [-0.15, -0.1) is 0 Å². The average molecular weight is 363 g/mol. The molecular formula is C18H29N5O3. The van der Waals surface area contributed by atoms with Gasteiger partial charge in [-0.05, 0) is 25.8 Å². The second-order valence-corrected chi connectivity index (χ2v) is 6.19. The molecule has 1 aliphatic carbocycles. The lowest BCUT2D eigenvalue weighted by atomic mass is 9.95. The number of aromatic nitrogens is 4. The van der Waals surface area contributed by atoms with Crippen molar-refractivity contribution in [2.24, 2.45) is 0 Å². The molecule has 26 heavy (non-hydrogen) atoms. The zero-order valence-electron chi connectivity index (χ0n) is 15.4. The summed E-state index contributed by atoms with van der Waals surface area (Å²) in [5.41, 5.74) is 1.18. The maximum atomic E-state index is 12.4. The Kier molecular flexibility index (Phi) is 8.17. The van der Waals surface area contributed by atoms with E-state index in [1.54, 1.807) is 36.5 Å². The van der Waals surface area contributed by atoms with E-state index >= 15 is 0 Å². The molecule has 0 atom stereocenters. The number of rotatable bonds is 5. The smallest absolute Gasteiger partial charge is 0.270 e. The molecule has 0 unspecified atom stereocenters. The number of nitrogens with zero attached hydrogens (tertiary/aromatic N) is 4. The second-order valence-electron chi connectivity index (χ2n) is 6.19. The summed E-state index contributed by atoms with van der Waals surface area (Å²) < 4.78 is 6.14. The van der Waals surface area contributed by atoms with Crippen LogP contribution in [-0.4, -0.2) is 56.9 Å². The number of ether oxygens (including phenoxy) is 1. The number of aryl methyl sites for hydroxylation is 1. The van der Waals surface area contributed by atoms with Gasteiger partial charge in [0.1, 0.15) is 12.0 Å². The van der Waals surface area contributed by atoms with Gasteiger partial charge in [0, 0.05) is 32.7 Å². The molecule has 2 aromatic rings. The number of amides is 1. The molecule has 0 saturated heterocycles. The molecule has 2 N–H and O–H groups in total. The SMILES string of the molecule is COCCO.Cc1cc(C(=O)NC2CCCCC2)nc(-n2ccnc2)n1.[HH]. The highest BCUT2D eigenvalue weighted by molar-refractivity contribution is 5.92. The van der Waals surface area contributed by atoms with E-state index in [1.807, 2.05) is 6.92 Å². The highest BCUT2D eigenvalue weighted by Gasteiger charge is 2.18. The van der Waals surface area contributed by atoms with Crippen molar-refractivity contribution in [2.75, 3.05) is 20.3 Å². The number of hydrogen-bond donors (Lipinski definition) is 2. The lowest BCUT2D eigenvalue weighted by Gasteiger charge is -2.22. The monoisotopic (exact) mass is 363 g/mol. The van der Waals surface area contributed by atoms with Crippen LogP contribution >= 0.6 is 0 Å².